The number of carbonyl (C=O) groups is 3. The zero-order valence-electron chi connectivity index (χ0n) is 18.8. The monoisotopic (exact) mass is 443 g/mol. The number of ether oxygens (including phenoxy) is 3. The third-order valence-corrected chi connectivity index (χ3v) is 5.55. The smallest absolute Gasteiger partial charge is 0.330 e. The molecule has 1 aromatic carbocycles. The van der Waals surface area contributed by atoms with Crippen LogP contribution in [0.15, 0.2) is 30.4 Å². The molecule has 0 spiro atoms. The van der Waals surface area contributed by atoms with Crippen molar-refractivity contribution in [2.75, 3.05) is 27.4 Å². The third kappa shape index (κ3) is 5.04. The van der Waals surface area contributed by atoms with E-state index in [1.165, 1.54) is 6.08 Å². The van der Waals surface area contributed by atoms with Crippen LogP contribution in [0.3, 0.4) is 0 Å². The normalized spacial score (nSPS) is 16.8. The van der Waals surface area contributed by atoms with Crippen molar-refractivity contribution >= 4 is 28.7 Å². The fourth-order valence-electron chi connectivity index (χ4n) is 3.87. The van der Waals surface area contributed by atoms with E-state index < -0.39 is 12.0 Å². The number of hydrogen-bond acceptors (Lipinski definition) is 6. The maximum Gasteiger partial charge on any atom is 0.330 e. The molecule has 0 bridgehead atoms. The topological polar surface area (TPSA) is 108 Å². The van der Waals surface area contributed by atoms with Crippen molar-refractivity contribution in [2.45, 2.75) is 25.8 Å². The summed E-state index contributed by atoms with van der Waals surface area (Å²) in [5, 5.41) is 6.56. The quantitative estimate of drug-likeness (QED) is 0.453. The highest BCUT2D eigenvalue weighted by Crippen LogP contribution is 2.33. The van der Waals surface area contributed by atoms with E-state index in [-0.39, 0.29) is 24.3 Å². The van der Waals surface area contributed by atoms with Gasteiger partial charge >= 0.3 is 5.97 Å². The Morgan fingerprint density at radius 3 is 2.59 bits per heavy atom. The molecule has 0 radical (unpaired) electrons. The molecule has 2 heterocycles. The molecule has 1 saturated heterocycles. The Morgan fingerprint density at radius 2 is 1.97 bits per heavy atom. The Labute approximate surface area is 186 Å². The average Bonchev–Trinajstić information content (AvgIpc) is 3.33. The Bertz CT molecular complexity index is 1040. The van der Waals surface area contributed by atoms with Gasteiger partial charge in [0.1, 0.15) is 5.69 Å². The molecule has 3 rings (SSSR count). The molecule has 1 aliphatic heterocycles. The van der Waals surface area contributed by atoms with Crippen molar-refractivity contribution in [3.8, 4) is 11.5 Å². The van der Waals surface area contributed by atoms with Crippen LogP contribution in [0, 0.1) is 5.92 Å². The lowest BCUT2D eigenvalue weighted by Gasteiger charge is -2.18. The molecule has 32 heavy (non-hydrogen) atoms. The van der Waals surface area contributed by atoms with Crippen molar-refractivity contribution in [3.05, 3.63) is 36.0 Å². The minimum atomic E-state index is -0.511. The summed E-state index contributed by atoms with van der Waals surface area (Å²) in [5.41, 5.74) is 1.24. The molecule has 2 aromatic rings. The fraction of sp³-hybridized carbons (Fsp3) is 0.435. The second-order valence-corrected chi connectivity index (χ2v) is 7.56. The minimum Gasteiger partial charge on any atom is -0.493 e. The van der Waals surface area contributed by atoms with Gasteiger partial charge in [0.05, 0.1) is 26.3 Å². The molecule has 2 unspecified atom stereocenters. The summed E-state index contributed by atoms with van der Waals surface area (Å²) in [6, 6.07) is 4.88. The van der Waals surface area contributed by atoms with Crippen molar-refractivity contribution in [3.63, 3.8) is 0 Å². The number of nitrogens with one attached hydrogen (secondary N) is 2. The number of hydrogen-bond donors (Lipinski definition) is 2. The first-order valence-corrected chi connectivity index (χ1v) is 10.5. The second kappa shape index (κ2) is 10.2. The average molecular weight is 444 g/mol. The van der Waals surface area contributed by atoms with Gasteiger partial charge in [0.2, 0.25) is 5.91 Å². The highest BCUT2D eigenvalue weighted by Gasteiger charge is 2.28. The van der Waals surface area contributed by atoms with E-state index in [0.717, 1.165) is 10.9 Å². The minimum absolute atomic E-state index is 0.0439. The number of nitrogens with zero attached hydrogens (tertiary/aromatic N) is 1. The zero-order chi connectivity index (χ0) is 23.3. The number of amides is 2. The lowest BCUT2D eigenvalue weighted by atomic mass is 9.98. The maximum atomic E-state index is 13.1. The summed E-state index contributed by atoms with van der Waals surface area (Å²) in [7, 11) is 4.90. The van der Waals surface area contributed by atoms with Crippen LogP contribution in [-0.2, 0) is 21.4 Å². The molecule has 9 nitrogen and oxygen atoms in total. The summed E-state index contributed by atoms with van der Waals surface area (Å²) in [6.45, 7) is 2.59. The number of esters is 1. The largest absolute Gasteiger partial charge is 0.493 e. The van der Waals surface area contributed by atoms with Gasteiger partial charge in [0.25, 0.3) is 5.91 Å². The van der Waals surface area contributed by atoms with Crippen molar-refractivity contribution in [1.82, 2.24) is 15.2 Å². The van der Waals surface area contributed by atoms with Gasteiger partial charge in [0.15, 0.2) is 11.5 Å². The van der Waals surface area contributed by atoms with Crippen LogP contribution >= 0.6 is 0 Å². The zero-order valence-corrected chi connectivity index (χ0v) is 18.8. The predicted molar refractivity (Wildman–Crippen MR) is 119 cm³/mol. The molecule has 9 heteroatoms. The molecular formula is C23H29N3O6. The summed E-state index contributed by atoms with van der Waals surface area (Å²) in [5.74, 6) is 0.0476. The Morgan fingerprint density at radius 1 is 1.25 bits per heavy atom. The molecule has 2 amide bonds. The first-order valence-electron chi connectivity index (χ1n) is 10.5. The van der Waals surface area contributed by atoms with Gasteiger partial charge in [-0.2, -0.15) is 0 Å². The number of methoxy groups -OCH3 is 2. The van der Waals surface area contributed by atoms with Crippen molar-refractivity contribution in [1.29, 1.82) is 0 Å². The SMILES string of the molecule is CCOC(=O)/C=C/C(CC1CCNC1=O)NC(=O)c1cc2cc(OC)c(OC)cc2n1C. The number of benzene rings is 1. The summed E-state index contributed by atoms with van der Waals surface area (Å²) < 4.78 is 17.4. The molecule has 1 fully saturated rings. The van der Waals surface area contributed by atoms with Gasteiger partial charge in [-0.25, -0.2) is 4.79 Å². The van der Waals surface area contributed by atoms with Crippen LogP contribution in [0.1, 0.15) is 30.3 Å². The van der Waals surface area contributed by atoms with E-state index in [1.54, 1.807) is 44.9 Å². The van der Waals surface area contributed by atoms with Gasteiger partial charge in [-0.3, -0.25) is 9.59 Å². The number of rotatable bonds is 9. The standard InChI is InChI=1S/C23H29N3O6/c1-5-32-21(27)7-6-16(10-14-8-9-24-22(14)28)25-23(29)18-11-15-12-19(30-3)20(31-4)13-17(15)26(18)2/h6-7,11-14,16H,5,8-10H2,1-4H3,(H,24,28)(H,25,29)/b7-6+. The molecule has 0 saturated carbocycles. The van der Waals surface area contributed by atoms with Crippen LogP contribution in [0.5, 0.6) is 11.5 Å². The Hall–Kier alpha value is -3.49. The van der Waals surface area contributed by atoms with Gasteiger partial charge in [-0.1, -0.05) is 6.08 Å². The number of aromatic nitrogens is 1. The number of fused-ring (bicyclic) bond motifs is 1. The highest BCUT2D eigenvalue weighted by molar-refractivity contribution is 5.99. The second-order valence-electron chi connectivity index (χ2n) is 7.56. The summed E-state index contributed by atoms with van der Waals surface area (Å²) >= 11 is 0. The number of carbonyl (C=O) groups excluding carboxylic acids is 3. The molecule has 1 aliphatic rings. The van der Waals surface area contributed by atoms with Gasteiger partial charge in [-0.05, 0) is 31.9 Å². The van der Waals surface area contributed by atoms with E-state index in [2.05, 4.69) is 10.6 Å². The molecule has 1 aromatic heterocycles. The Balaban J connectivity index is 1.85. The highest BCUT2D eigenvalue weighted by atomic mass is 16.5. The lowest BCUT2D eigenvalue weighted by Crippen LogP contribution is -2.37. The molecule has 2 N–H and O–H groups in total. The first-order chi connectivity index (χ1) is 15.4. The van der Waals surface area contributed by atoms with Gasteiger partial charge in [0, 0.05) is 43.1 Å². The maximum absolute atomic E-state index is 13.1. The van der Waals surface area contributed by atoms with E-state index in [9.17, 15) is 14.4 Å². The van der Waals surface area contributed by atoms with Crippen LogP contribution in [0.25, 0.3) is 10.9 Å². The Kier molecular flexibility index (Phi) is 7.40. The van der Waals surface area contributed by atoms with Crippen LogP contribution in [-0.4, -0.2) is 55.8 Å². The predicted octanol–water partition coefficient (Wildman–Crippen LogP) is 1.94. The fourth-order valence-corrected chi connectivity index (χ4v) is 3.87. The molecular weight excluding hydrogens is 414 g/mol. The van der Waals surface area contributed by atoms with Crippen molar-refractivity contribution < 1.29 is 28.6 Å². The van der Waals surface area contributed by atoms with Crippen LogP contribution < -0.4 is 20.1 Å². The molecule has 2 atom stereocenters. The molecule has 172 valence electrons. The first kappa shape index (κ1) is 23.2. The van der Waals surface area contributed by atoms with Crippen molar-refractivity contribution in [2.24, 2.45) is 13.0 Å². The lowest BCUT2D eigenvalue weighted by molar-refractivity contribution is -0.137. The van der Waals surface area contributed by atoms with E-state index >= 15 is 0 Å². The van der Waals surface area contributed by atoms with E-state index in [4.69, 9.17) is 14.2 Å². The summed E-state index contributed by atoms with van der Waals surface area (Å²) in [4.78, 5) is 36.9. The van der Waals surface area contributed by atoms with Gasteiger partial charge in [-0.15, -0.1) is 0 Å². The molecule has 0 aliphatic carbocycles. The van der Waals surface area contributed by atoms with Crippen LogP contribution in [0.2, 0.25) is 0 Å². The third-order valence-electron chi connectivity index (χ3n) is 5.55. The van der Waals surface area contributed by atoms with Crippen LogP contribution in [0.4, 0.5) is 0 Å². The summed E-state index contributed by atoms with van der Waals surface area (Å²) in [6.07, 6.45) is 3.94. The van der Waals surface area contributed by atoms with Gasteiger partial charge < -0.3 is 29.4 Å². The van der Waals surface area contributed by atoms with E-state index in [0.29, 0.717) is 36.6 Å². The number of aryl methyl sites for hydroxylation is 1. The van der Waals surface area contributed by atoms with E-state index in [1.807, 2.05) is 12.1 Å².